The summed E-state index contributed by atoms with van der Waals surface area (Å²) in [5.74, 6) is 1.29. The molecule has 3 rings (SSSR count). The molecule has 0 radical (unpaired) electrons. The Morgan fingerprint density at radius 1 is 1.08 bits per heavy atom. The molecule has 1 N–H and O–H groups in total. The molecule has 138 valence electrons. The number of halogens is 1. The highest BCUT2D eigenvalue weighted by Gasteiger charge is 2.19. The second kappa shape index (κ2) is 8.95. The smallest absolute Gasteiger partial charge is 0.265 e. The van der Waals surface area contributed by atoms with Gasteiger partial charge in [0.1, 0.15) is 11.5 Å². The minimum atomic E-state index is -0.564. The van der Waals surface area contributed by atoms with Crippen LogP contribution in [0.2, 0.25) is 5.02 Å². The third-order valence-corrected chi connectivity index (χ3v) is 4.73. The van der Waals surface area contributed by atoms with Crippen molar-refractivity contribution in [1.82, 2.24) is 0 Å². The van der Waals surface area contributed by atoms with Gasteiger partial charge in [-0.05, 0) is 80.6 Å². The molecule has 0 unspecified atom stereocenters. The van der Waals surface area contributed by atoms with Gasteiger partial charge in [-0.1, -0.05) is 18.5 Å². The van der Waals surface area contributed by atoms with E-state index in [0.717, 1.165) is 24.3 Å². The van der Waals surface area contributed by atoms with Crippen LogP contribution in [0, 0.1) is 0 Å². The van der Waals surface area contributed by atoms with Crippen molar-refractivity contribution in [3.05, 3.63) is 53.6 Å². The largest absolute Gasteiger partial charge is 0.490 e. The molecule has 1 aliphatic rings. The number of nitrogens with one attached hydrogen (secondary N) is 1. The molecule has 0 saturated heterocycles. The lowest BCUT2D eigenvalue weighted by atomic mass is 10.2. The van der Waals surface area contributed by atoms with Crippen LogP contribution >= 0.6 is 11.6 Å². The van der Waals surface area contributed by atoms with Crippen LogP contribution in [0.3, 0.4) is 0 Å². The SMILES string of the molecule is CC[C@H](Oc1ccc(Cl)cc1)C(=O)Nc1ccc(OC2CCCC2)cc1. The van der Waals surface area contributed by atoms with E-state index in [1.807, 2.05) is 31.2 Å². The Morgan fingerprint density at radius 2 is 1.69 bits per heavy atom. The van der Waals surface area contributed by atoms with Crippen LogP contribution in [0.25, 0.3) is 0 Å². The summed E-state index contributed by atoms with van der Waals surface area (Å²) in [7, 11) is 0. The summed E-state index contributed by atoms with van der Waals surface area (Å²) >= 11 is 5.87. The molecule has 0 spiro atoms. The van der Waals surface area contributed by atoms with Gasteiger partial charge in [-0.2, -0.15) is 0 Å². The maximum atomic E-state index is 12.5. The number of carbonyl (C=O) groups excluding carboxylic acids is 1. The Bertz CT molecular complexity index is 709. The van der Waals surface area contributed by atoms with E-state index in [4.69, 9.17) is 21.1 Å². The van der Waals surface area contributed by atoms with E-state index < -0.39 is 6.10 Å². The lowest BCUT2D eigenvalue weighted by Gasteiger charge is -2.18. The van der Waals surface area contributed by atoms with Crippen molar-refractivity contribution in [2.24, 2.45) is 0 Å². The molecule has 1 saturated carbocycles. The predicted octanol–water partition coefficient (Wildman–Crippen LogP) is 5.46. The van der Waals surface area contributed by atoms with Gasteiger partial charge in [0, 0.05) is 10.7 Å². The molecule has 4 nitrogen and oxygen atoms in total. The van der Waals surface area contributed by atoms with Gasteiger partial charge in [0.15, 0.2) is 6.10 Å². The Morgan fingerprint density at radius 3 is 2.31 bits per heavy atom. The van der Waals surface area contributed by atoms with Gasteiger partial charge in [-0.3, -0.25) is 4.79 Å². The molecule has 1 amide bonds. The van der Waals surface area contributed by atoms with Gasteiger partial charge in [-0.25, -0.2) is 0 Å². The van der Waals surface area contributed by atoms with E-state index in [1.54, 1.807) is 24.3 Å². The average molecular weight is 374 g/mol. The quantitative estimate of drug-likeness (QED) is 0.701. The molecular weight excluding hydrogens is 350 g/mol. The molecule has 1 atom stereocenters. The fraction of sp³-hybridized carbons (Fsp3) is 0.381. The van der Waals surface area contributed by atoms with Crippen molar-refractivity contribution in [3.8, 4) is 11.5 Å². The van der Waals surface area contributed by atoms with Gasteiger partial charge in [0.05, 0.1) is 6.10 Å². The number of carbonyl (C=O) groups is 1. The number of rotatable bonds is 7. The van der Waals surface area contributed by atoms with Crippen LogP contribution in [0.15, 0.2) is 48.5 Å². The van der Waals surface area contributed by atoms with E-state index in [0.29, 0.717) is 23.3 Å². The molecule has 1 aliphatic carbocycles. The van der Waals surface area contributed by atoms with Crippen LogP contribution in [0.5, 0.6) is 11.5 Å². The molecular formula is C21H24ClNO3. The lowest BCUT2D eigenvalue weighted by Crippen LogP contribution is -2.32. The minimum absolute atomic E-state index is 0.174. The van der Waals surface area contributed by atoms with Gasteiger partial charge in [0.25, 0.3) is 5.91 Å². The second-order valence-electron chi connectivity index (χ2n) is 6.51. The van der Waals surface area contributed by atoms with E-state index in [1.165, 1.54) is 12.8 Å². The van der Waals surface area contributed by atoms with Crippen LogP contribution in [0.4, 0.5) is 5.69 Å². The van der Waals surface area contributed by atoms with E-state index in [9.17, 15) is 4.79 Å². The fourth-order valence-electron chi connectivity index (χ4n) is 3.04. The van der Waals surface area contributed by atoms with Crippen molar-refractivity contribution in [3.63, 3.8) is 0 Å². The van der Waals surface area contributed by atoms with E-state index in [2.05, 4.69) is 5.32 Å². The highest BCUT2D eigenvalue weighted by molar-refractivity contribution is 6.30. The number of anilines is 1. The topological polar surface area (TPSA) is 47.6 Å². The van der Waals surface area contributed by atoms with Gasteiger partial charge >= 0.3 is 0 Å². The zero-order valence-corrected chi connectivity index (χ0v) is 15.7. The zero-order chi connectivity index (χ0) is 18.4. The van der Waals surface area contributed by atoms with Crippen LogP contribution < -0.4 is 14.8 Å². The first-order chi connectivity index (χ1) is 12.6. The van der Waals surface area contributed by atoms with Crippen LogP contribution in [-0.2, 0) is 4.79 Å². The Balaban J connectivity index is 1.55. The molecule has 5 heteroatoms. The maximum Gasteiger partial charge on any atom is 0.265 e. The standard InChI is InChI=1S/C21H24ClNO3/c1-2-20(26-19-11-7-15(22)8-12-19)21(24)23-16-9-13-18(14-10-16)25-17-5-3-4-6-17/h7-14,17,20H,2-6H2,1H3,(H,23,24)/t20-/m0/s1. The Hall–Kier alpha value is -2.20. The highest BCUT2D eigenvalue weighted by atomic mass is 35.5. The average Bonchev–Trinajstić information content (AvgIpc) is 3.16. The first-order valence-electron chi connectivity index (χ1n) is 9.14. The predicted molar refractivity (Wildman–Crippen MR) is 104 cm³/mol. The fourth-order valence-corrected chi connectivity index (χ4v) is 3.16. The third kappa shape index (κ3) is 5.15. The number of hydrogen-bond acceptors (Lipinski definition) is 3. The number of benzene rings is 2. The minimum Gasteiger partial charge on any atom is -0.490 e. The Labute approximate surface area is 159 Å². The number of ether oxygens (including phenoxy) is 2. The first-order valence-corrected chi connectivity index (χ1v) is 9.51. The van der Waals surface area contributed by atoms with Crippen molar-refractivity contribution >= 4 is 23.2 Å². The number of hydrogen-bond donors (Lipinski definition) is 1. The third-order valence-electron chi connectivity index (χ3n) is 4.48. The van der Waals surface area contributed by atoms with Gasteiger partial charge < -0.3 is 14.8 Å². The molecule has 0 aromatic heterocycles. The van der Waals surface area contributed by atoms with Crippen molar-refractivity contribution in [1.29, 1.82) is 0 Å². The summed E-state index contributed by atoms with van der Waals surface area (Å²) in [6.45, 7) is 1.92. The van der Waals surface area contributed by atoms with Crippen molar-refractivity contribution < 1.29 is 14.3 Å². The summed E-state index contributed by atoms with van der Waals surface area (Å²) in [5.41, 5.74) is 0.729. The highest BCUT2D eigenvalue weighted by Crippen LogP contribution is 2.25. The van der Waals surface area contributed by atoms with E-state index in [-0.39, 0.29) is 5.91 Å². The van der Waals surface area contributed by atoms with Gasteiger partial charge in [0.2, 0.25) is 0 Å². The monoisotopic (exact) mass is 373 g/mol. The van der Waals surface area contributed by atoms with Crippen molar-refractivity contribution in [2.45, 2.75) is 51.2 Å². The molecule has 0 bridgehead atoms. The molecule has 26 heavy (non-hydrogen) atoms. The summed E-state index contributed by atoms with van der Waals surface area (Å²) in [6.07, 6.45) is 5.06. The molecule has 0 aliphatic heterocycles. The summed E-state index contributed by atoms with van der Waals surface area (Å²) in [5, 5.41) is 3.53. The molecule has 0 heterocycles. The molecule has 2 aromatic carbocycles. The Kier molecular flexibility index (Phi) is 6.40. The number of amides is 1. The second-order valence-corrected chi connectivity index (χ2v) is 6.94. The van der Waals surface area contributed by atoms with Crippen LogP contribution in [0.1, 0.15) is 39.0 Å². The van der Waals surface area contributed by atoms with Gasteiger partial charge in [-0.15, -0.1) is 0 Å². The summed E-state index contributed by atoms with van der Waals surface area (Å²) < 4.78 is 11.7. The molecule has 1 fully saturated rings. The first kappa shape index (κ1) is 18.6. The maximum absolute atomic E-state index is 12.5. The summed E-state index contributed by atoms with van der Waals surface area (Å²) in [6, 6.07) is 14.5. The van der Waals surface area contributed by atoms with E-state index >= 15 is 0 Å². The normalized spacial score (nSPS) is 15.5. The lowest BCUT2D eigenvalue weighted by molar-refractivity contribution is -0.122. The summed E-state index contributed by atoms with van der Waals surface area (Å²) in [4.78, 5) is 12.5. The van der Waals surface area contributed by atoms with Crippen LogP contribution in [-0.4, -0.2) is 18.1 Å². The molecule has 2 aromatic rings. The van der Waals surface area contributed by atoms with Crippen molar-refractivity contribution in [2.75, 3.05) is 5.32 Å². The zero-order valence-electron chi connectivity index (χ0n) is 14.9.